The number of likely N-dealkylation sites (tertiary alicyclic amines) is 1. The number of carbonyl (C=O) groups is 2. The smallest absolute Gasteiger partial charge is 0.295 e. The van der Waals surface area contributed by atoms with Crippen LogP contribution >= 0.6 is 0 Å². The number of hydrogen-bond acceptors (Lipinski definition) is 6. The Morgan fingerprint density at radius 2 is 1.93 bits per heavy atom. The van der Waals surface area contributed by atoms with E-state index in [4.69, 9.17) is 4.74 Å². The number of rotatable bonds is 6. The fourth-order valence-electron chi connectivity index (χ4n) is 3.67. The van der Waals surface area contributed by atoms with Gasteiger partial charge in [-0.3, -0.25) is 14.6 Å². The molecule has 7 nitrogen and oxygen atoms in total. The average Bonchev–Trinajstić information content (AvgIpc) is 2.98. The van der Waals surface area contributed by atoms with Gasteiger partial charge in [0.15, 0.2) is 0 Å². The molecule has 1 aromatic carbocycles. The summed E-state index contributed by atoms with van der Waals surface area (Å²) in [4.78, 5) is 33.7. The largest absolute Gasteiger partial charge is 0.507 e. The zero-order valence-corrected chi connectivity index (χ0v) is 18.0. The molecule has 0 spiro atoms. The maximum Gasteiger partial charge on any atom is 0.295 e. The Morgan fingerprint density at radius 3 is 2.53 bits per heavy atom. The van der Waals surface area contributed by atoms with Crippen LogP contribution in [0, 0.1) is 13.8 Å². The number of Topliss-reactive ketones (excluding diaryl/α,β-unsaturated/α-hetero) is 1. The van der Waals surface area contributed by atoms with E-state index in [1.165, 1.54) is 4.90 Å². The molecular weight excluding hydrogens is 382 g/mol. The minimum Gasteiger partial charge on any atom is -0.507 e. The molecule has 1 aliphatic rings. The molecule has 0 saturated carbocycles. The van der Waals surface area contributed by atoms with Crippen molar-refractivity contribution >= 4 is 17.4 Å². The number of likely N-dealkylation sites (N-methyl/N-ethyl adjacent to an activating group) is 1. The number of aromatic nitrogens is 1. The van der Waals surface area contributed by atoms with Crippen LogP contribution in [0.3, 0.4) is 0 Å². The first-order valence-electron chi connectivity index (χ1n) is 9.76. The van der Waals surface area contributed by atoms with Crippen LogP contribution in [0.15, 0.2) is 42.1 Å². The number of aliphatic hydroxyl groups is 1. The van der Waals surface area contributed by atoms with Crippen molar-refractivity contribution in [2.24, 2.45) is 0 Å². The first kappa shape index (κ1) is 21.5. The van der Waals surface area contributed by atoms with Crippen LogP contribution in [-0.4, -0.2) is 65.9 Å². The second kappa shape index (κ2) is 8.67. The molecule has 1 fully saturated rings. The summed E-state index contributed by atoms with van der Waals surface area (Å²) in [5.41, 5.74) is 2.67. The SMILES string of the molecule is COc1cc(C)c(/C(O)=C2\C(=O)C(=O)N(CCN(C)C)C2c2ccccn2)cc1C. The van der Waals surface area contributed by atoms with Gasteiger partial charge in [0.2, 0.25) is 0 Å². The van der Waals surface area contributed by atoms with Gasteiger partial charge in [-0.25, -0.2) is 0 Å². The highest BCUT2D eigenvalue weighted by Crippen LogP contribution is 2.39. The zero-order valence-electron chi connectivity index (χ0n) is 18.0. The Hall–Kier alpha value is -3.19. The standard InChI is InChI=1S/C23H27N3O4/c1-14-13-18(30-5)15(2)12-16(14)21(27)19-20(17-8-6-7-9-24-17)26(11-10-25(3)4)23(29)22(19)28/h6-9,12-13,20,27H,10-11H2,1-5H3/b21-19+. The summed E-state index contributed by atoms with van der Waals surface area (Å²) in [5.74, 6) is -0.830. The number of amides is 1. The Kier molecular flexibility index (Phi) is 6.22. The number of aliphatic hydroxyl groups excluding tert-OH is 1. The normalized spacial score (nSPS) is 18.3. The van der Waals surface area contributed by atoms with Gasteiger partial charge in [0, 0.05) is 24.8 Å². The van der Waals surface area contributed by atoms with Gasteiger partial charge < -0.3 is 19.6 Å². The molecule has 30 heavy (non-hydrogen) atoms. The van der Waals surface area contributed by atoms with E-state index in [-0.39, 0.29) is 11.3 Å². The lowest BCUT2D eigenvalue weighted by Gasteiger charge is -2.26. The average molecular weight is 409 g/mol. The fourth-order valence-corrected chi connectivity index (χ4v) is 3.67. The van der Waals surface area contributed by atoms with Gasteiger partial charge in [-0.2, -0.15) is 0 Å². The number of benzene rings is 1. The van der Waals surface area contributed by atoms with E-state index in [1.807, 2.05) is 38.9 Å². The molecule has 0 bridgehead atoms. The fraction of sp³-hybridized carbons (Fsp3) is 0.348. The van der Waals surface area contributed by atoms with Gasteiger partial charge in [-0.05, 0) is 63.3 Å². The first-order valence-corrected chi connectivity index (χ1v) is 9.76. The summed E-state index contributed by atoms with van der Waals surface area (Å²) < 4.78 is 5.34. The number of pyridine rings is 1. The lowest BCUT2D eigenvalue weighted by Crippen LogP contribution is -2.35. The summed E-state index contributed by atoms with van der Waals surface area (Å²) in [6.45, 7) is 4.61. The van der Waals surface area contributed by atoms with Gasteiger partial charge in [-0.1, -0.05) is 6.07 Å². The van der Waals surface area contributed by atoms with E-state index >= 15 is 0 Å². The van der Waals surface area contributed by atoms with Crippen molar-refractivity contribution in [3.8, 4) is 5.75 Å². The third-order valence-corrected chi connectivity index (χ3v) is 5.29. The molecule has 1 unspecified atom stereocenters. The van der Waals surface area contributed by atoms with Gasteiger partial charge in [0.25, 0.3) is 11.7 Å². The minimum atomic E-state index is -0.743. The van der Waals surface area contributed by atoms with Gasteiger partial charge >= 0.3 is 0 Å². The van der Waals surface area contributed by atoms with Crippen LogP contribution < -0.4 is 4.74 Å². The van der Waals surface area contributed by atoms with E-state index in [1.54, 1.807) is 37.6 Å². The molecule has 1 aromatic heterocycles. The number of ether oxygens (including phenoxy) is 1. The maximum absolute atomic E-state index is 13.0. The van der Waals surface area contributed by atoms with E-state index in [0.717, 1.165) is 11.1 Å². The Morgan fingerprint density at radius 1 is 1.20 bits per heavy atom. The van der Waals surface area contributed by atoms with Gasteiger partial charge in [0.05, 0.1) is 18.4 Å². The topological polar surface area (TPSA) is 83.0 Å². The zero-order chi connectivity index (χ0) is 22.0. The Labute approximate surface area is 176 Å². The second-order valence-electron chi connectivity index (χ2n) is 7.69. The van der Waals surface area contributed by atoms with E-state index in [0.29, 0.717) is 30.1 Å². The Balaban J connectivity index is 2.18. The number of hydrogen-bond donors (Lipinski definition) is 1. The molecule has 1 amide bonds. The van der Waals surface area contributed by atoms with Crippen molar-refractivity contribution in [1.29, 1.82) is 0 Å². The summed E-state index contributed by atoms with van der Waals surface area (Å²) in [6.07, 6.45) is 1.62. The van der Waals surface area contributed by atoms with E-state index in [2.05, 4.69) is 4.98 Å². The monoisotopic (exact) mass is 409 g/mol. The van der Waals surface area contributed by atoms with Crippen molar-refractivity contribution < 1.29 is 19.4 Å². The van der Waals surface area contributed by atoms with Gasteiger partial charge in [0.1, 0.15) is 17.6 Å². The molecular formula is C23H27N3O4. The molecule has 1 aliphatic heterocycles. The summed E-state index contributed by atoms with van der Waals surface area (Å²) >= 11 is 0. The summed E-state index contributed by atoms with van der Waals surface area (Å²) in [7, 11) is 5.38. The summed E-state index contributed by atoms with van der Waals surface area (Å²) in [5, 5.41) is 11.2. The van der Waals surface area contributed by atoms with Crippen molar-refractivity contribution in [3.63, 3.8) is 0 Å². The molecule has 158 valence electrons. The lowest BCUT2D eigenvalue weighted by molar-refractivity contribution is -0.140. The van der Waals surface area contributed by atoms with Crippen LogP contribution in [0.2, 0.25) is 0 Å². The van der Waals surface area contributed by atoms with Crippen molar-refractivity contribution in [3.05, 3.63) is 64.5 Å². The molecule has 1 saturated heterocycles. The van der Waals surface area contributed by atoms with Crippen molar-refractivity contribution in [1.82, 2.24) is 14.8 Å². The van der Waals surface area contributed by atoms with E-state index < -0.39 is 17.7 Å². The number of methoxy groups -OCH3 is 1. The van der Waals surface area contributed by atoms with Crippen molar-refractivity contribution in [2.45, 2.75) is 19.9 Å². The number of ketones is 1. The molecule has 7 heteroatoms. The Bertz CT molecular complexity index is 999. The first-order chi connectivity index (χ1) is 14.3. The predicted octanol–water partition coefficient (Wildman–Crippen LogP) is 2.69. The molecule has 1 atom stereocenters. The third-order valence-electron chi connectivity index (χ3n) is 5.29. The van der Waals surface area contributed by atoms with Crippen LogP contribution in [0.25, 0.3) is 5.76 Å². The molecule has 3 rings (SSSR count). The van der Waals surface area contributed by atoms with Crippen LogP contribution in [0.1, 0.15) is 28.4 Å². The number of aryl methyl sites for hydroxylation is 2. The molecule has 0 radical (unpaired) electrons. The quantitative estimate of drug-likeness (QED) is 0.449. The highest BCUT2D eigenvalue weighted by molar-refractivity contribution is 6.46. The minimum absolute atomic E-state index is 0.0603. The summed E-state index contributed by atoms with van der Waals surface area (Å²) in [6, 6.07) is 8.17. The molecule has 0 aliphatic carbocycles. The maximum atomic E-state index is 13.0. The number of nitrogens with zero attached hydrogens (tertiary/aromatic N) is 3. The second-order valence-corrected chi connectivity index (χ2v) is 7.69. The third kappa shape index (κ3) is 3.93. The van der Waals surface area contributed by atoms with Crippen molar-refractivity contribution in [2.75, 3.05) is 34.3 Å². The lowest BCUT2D eigenvalue weighted by atomic mass is 9.95. The predicted molar refractivity (Wildman–Crippen MR) is 114 cm³/mol. The number of carbonyl (C=O) groups excluding carboxylic acids is 2. The van der Waals surface area contributed by atoms with Crippen LogP contribution in [-0.2, 0) is 9.59 Å². The van der Waals surface area contributed by atoms with Crippen LogP contribution in [0.4, 0.5) is 0 Å². The molecule has 1 N–H and O–H groups in total. The highest BCUT2D eigenvalue weighted by atomic mass is 16.5. The van der Waals surface area contributed by atoms with Gasteiger partial charge in [-0.15, -0.1) is 0 Å². The highest BCUT2D eigenvalue weighted by Gasteiger charge is 2.46. The van der Waals surface area contributed by atoms with E-state index in [9.17, 15) is 14.7 Å². The molecule has 2 heterocycles. The molecule has 2 aromatic rings. The van der Waals surface area contributed by atoms with Crippen LogP contribution in [0.5, 0.6) is 5.75 Å².